The lowest BCUT2D eigenvalue weighted by atomic mass is 10.0. The van der Waals surface area contributed by atoms with Gasteiger partial charge in [0.1, 0.15) is 0 Å². The molecule has 1 amide bonds. The molecule has 514 valence electrons. The lowest BCUT2D eigenvalue weighted by Crippen LogP contribution is -2.45. The summed E-state index contributed by atoms with van der Waals surface area (Å²) < 4.78 is 5.50. The zero-order chi connectivity index (χ0) is 62.0. The summed E-state index contributed by atoms with van der Waals surface area (Å²) in [5.74, 6) is 0.00271. The summed E-state index contributed by atoms with van der Waals surface area (Å²) in [4.78, 5) is 24.6. The molecular formula is C80H159NO5. The Balaban J connectivity index is 3.29. The van der Waals surface area contributed by atoms with Crippen molar-refractivity contribution in [1.82, 2.24) is 5.32 Å². The van der Waals surface area contributed by atoms with Crippen LogP contribution in [0.5, 0.6) is 0 Å². The normalized spacial score (nSPS) is 12.4. The molecule has 6 nitrogen and oxygen atoms in total. The predicted octanol–water partition coefficient (Wildman–Crippen LogP) is 26.5. The quantitative estimate of drug-likeness (QED) is 0.0417. The van der Waals surface area contributed by atoms with E-state index in [1.165, 1.54) is 405 Å². The van der Waals surface area contributed by atoms with Gasteiger partial charge in [-0.25, -0.2) is 0 Å². The highest BCUT2D eigenvalue weighted by atomic mass is 16.5. The van der Waals surface area contributed by atoms with Gasteiger partial charge < -0.3 is 20.3 Å². The predicted molar refractivity (Wildman–Crippen MR) is 380 cm³/mol. The van der Waals surface area contributed by atoms with Crippen molar-refractivity contribution in [3.05, 3.63) is 0 Å². The van der Waals surface area contributed by atoms with Crippen molar-refractivity contribution in [3.63, 3.8) is 0 Å². The number of carbonyl (C=O) groups excluding carboxylic acids is 2. The number of aliphatic hydroxyl groups excluding tert-OH is 2. The smallest absolute Gasteiger partial charge is 0.305 e. The van der Waals surface area contributed by atoms with Crippen LogP contribution in [0.4, 0.5) is 0 Å². The Bertz CT molecular complexity index is 1260. The topological polar surface area (TPSA) is 95.9 Å². The summed E-state index contributed by atoms with van der Waals surface area (Å²) in [6.07, 6.45) is 95.0. The van der Waals surface area contributed by atoms with Gasteiger partial charge in [0.2, 0.25) is 5.91 Å². The molecular weight excluding hydrogens is 1050 g/mol. The highest BCUT2D eigenvalue weighted by Gasteiger charge is 2.20. The molecule has 0 spiro atoms. The Morgan fingerprint density at radius 1 is 0.279 bits per heavy atom. The van der Waals surface area contributed by atoms with Gasteiger partial charge in [0, 0.05) is 12.8 Å². The fourth-order valence-corrected chi connectivity index (χ4v) is 13.3. The third-order valence-corrected chi connectivity index (χ3v) is 19.4. The first-order valence-electron chi connectivity index (χ1n) is 40.3. The van der Waals surface area contributed by atoms with Gasteiger partial charge in [-0.15, -0.1) is 0 Å². The average molecular weight is 1220 g/mol. The van der Waals surface area contributed by atoms with Gasteiger partial charge in [-0.05, 0) is 25.7 Å². The van der Waals surface area contributed by atoms with E-state index in [1.54, 1.807) is 0 Å². The molecule has 0 rings (SSSR count). The molecule has 86 heavy (non-hydrogen) atoms. The van der Waals surface area contributed by atoms with Crippen molar-refractivity contribution in [2.75, 3.05) is 13.2 Å². The first-order chi connectivity index (χ1) is 42.5. The van der Waals surface area contributed by atoms with Gasteiger partial charge >= 0.3 is 5.97 Å². The fourth-order valence-electron chi connectivity index (χ4n) is 13.3. The van der Waals surface area contributed by atoms with E-state index < -0.39 is 12.1 Å². The number of hydrogen-bond donors (Lipinski definition) is 3. The van der Waals surface area contributed by atoms with Gasteiger partial charge in [0.05, 0.1) is 25.4 Å². The van der Waals surface area contributed by atoms with Crippen LogP contribution in [0.15, 0.2) is 0 Å². The Labute approximate surface area is 540 Å². The van der Waals surface area contributed by atoms with Crippen molar-refractivity contribution < 1.29 is 24.5 Å². The number of esters is 1. The number of amides is 1. The van der Waals surface area contributed by atoms with E-state index in [0.717, 1.165) is 38.5 Å². The molecule has 0 aromatic heterocycles. The highest BCUT2D eigenvalue weighted by Crippen LogP contribution is 2.21. The van der Waals surface area contributed by atoms with Crippen molar-refractivity contribution in [3.8, 4) is 0 Å². The number of carbonyl (C=O) groups is 2. The standard InChI is InChI=1S/C80H159NO5/c1-3-5-7-9-11-13-15-17-18-19-39-42-45-49-52-56-60-64-68-72-78(83)77(76-82)81-79(84)73-69-65-61-57-53-50-46-43-40-37-35-33-31-29-27-25-23-21-20-22-24-26-28-30-32-34-36-38-41-44-47-51-55-59-63-67-71-75-86-80(85)74-70-66-62-58-54-48-16-14-12-10-8-6-4-2/h77-78,82-83H,3-76H2,1-2H3,(H,81,84). The molecule has 0 saturated carbocycles. The summed E-state index contributed by atoms with van der Waals surface area (Å²) in [6, 6.07) is -0.537. The number of aliphatic hydroxyl groups is 2. The van der Waals surface area contributed by atoms with E-state index >= 15 is 0 Å². The van der Waals surface area contributed by atoms with Crippen molar-refractivity contribution >= 4 is 11.9 Å². The van der Waals surface area contributed by atoms with Crippen molar-refractivity contribution in [1.29, 1.82) is 0 Å². The number of ether oxygens (including phenoxy) is 1. The molecule has 0 aliphatic carbocycles. The van der Waals surface area contributed by atoms with Crippen LogP contribution in [0.3, 0.4) is 0 Å². The zero-order valence-electron chi connectivity index (χ0n) is 59.1. The van der Waals surface area contributed by atoms with Crippen LogP contribution in [0.25, 0.3) is 0 Å². The second kappa shape index (κ2) is 76.3. The molecule has 6 heteroatoms. The second-order valence-corrected chi connectivity index (χ2v) is 28.1. The molecule has 0 aliphatic rings. The number of rotatable bonds is 77. The lowest BCUT2D eigenvalue weighted by molar-refractivity contribution is -0.143. The molecule has 0 radical (unpaired) electrons. The molecule has 0 saturated heterocycles. The highest BCUT2D eigenvalue weighted by molar-refractivity contribution is 5.76. The van der Waals surface area contributed by atoms with Gasteiger partial charge in [0.15, 0.2) is 0 Å². The summed E-state index contributed by atoms with van der Waals surface area (Å²) >= 11 is 0. The first kappa shape index (κ1) is 84.9. The minimum atomic E-state index is -0.660. The van der Waals surface area contributed by atoms with E-state index in [0.29, 0.717) is 25.9 Å². The van der Waals surface area contributed by atoms with Crippen LogP contribution < -0.4 is 5.32 Å². The number of nitrogens with one attached hydrogen (secondary N) is 1. The third-order valence-electron chi connectivity index (χ3n) is 19.4. The molecule has 0 aliphatic heterocycles. The summed E-state index contributed by atoms with van der Waals surface area (Å²) in [6.45, 7) is 5.02. The van der Waals surface area contributed by atoms with Gasteiger partial charge in [0.25, 0.3) is 0 Å². The molecule has 0 heterocycles. The monoisotopic (exact) mass is 1210 g/mol. The summed E-state index contributed by atoms with van der Waals surface area (Å²) in [5, 5.41) is 23.4. The second-order valence-electron chi connectivity index (χ2n) is 28.1. The number of unbranched alkanes of at least 4 members (excludes halogenated alkanes) is 66. The molecule has 2 atom stereocenters. The van der Waals surface area contributed by atoms with Crippen LogP contribution in [-0.4, -0.2) is 47.4 Å². The molecule has 0 aromatic carbocycles. The van der Waals surface area contributed by atoms with E-state index in [9.17, 15) is 19.8 Å². The maximum atomic E-state index is 12.6. The number of hydrogen-bond acceptors (Lipinski definition) is 5. The molecule has 0 bridgehead atoms. The Kier molecular flexibility index (Phi) is 75.3. The summed E-state index contributed by atoms with van der Waals surface area (Å²) in [7, 11) is 0. The molecule has 2 unspecified atom stereocenters. The Hall–Kier alpha value is -1.14. The van der Waals surface area contributed by atoms with Crippen LogP contribution in [0.2, 0.25) is 0 Å². The minimum Gasteiger partial charge on any atom is -0.466 e. The first-order valence-corrected chi connectivity index (χ1v) is 40.3. The van der Waals surface area contributed by atoms with E-state index in [1.807, 2.05) is 0 Å². The van der Waals surface area contributed by atoms with Crippen molar-refractivity contribution in [2.24, 2.45) is 0 Å². The van der Waals surface area contributed by atoms with Crippen molar-refractivity contribution in [2.45, 2.75) is 488 Å². The summed E-state index contributed by atoms with van der Waals surface area (Å²) in [5.41, 5.74) is 0. The lowest BCUT2D eigenvalue weighted by Gasteiger charge is -2.22. The van der Waals surface area contributed by atoms with Crippen LogP contribution >= 0.6 is 0 Å². The third kappa shape index (κ3) is 71.9. The minimum absolute atomic E-state index is 0.0236. The Morgan fingerprint density at radius 3 is 0.709 bits per heavy atom. The zero-order valence-corrected chi connectivity index (χ0v) is 59.1. The SMILES string of the molecule is CCCCCCCCCCCCCCCCCCCCCC(O)C(CO)NC(=O)CCCCCCCCCCCCCCCCCCCCCCCCCCCCCCCCCCCCCCCOC(=O)CCCCCCCCCCCCCCC. The van der Waals surface area contributed by atoms with Crippen LogP contribution in [0, 0.1) is 0 Å². The van der Waals surface area contributed by atoms with E-state index in [-0.39, 0.29) is 18.5 Å². The maximum Gasteiger partial charge on any atom is 0.305 e. The van der Waals surface area contributed by atoms with E-state index in [2.05, 4.69) is 19.2 Å². The molecule has 0 aromatic rings. The van der Waals surface area contributed by atoms with Crippen LogP contribution in [0.1, 0.15) is 476 Å². The van der Waals surface area contributed by atoms with E-state index in [4.69, 9.17) is 4.74 Å². The van der Waals surface area contributed by atoms with Gasteiger partial charge in [-0.3, -0.25) is 9.59 Å². The average Bonchev–Trinajstić information content (AvgIpc) is 3.56. The maximum absolute atomic E-state index is 12.6. The fraction of sp³-hybridized carbons (Fsp3) is 0.975. The largest absolute Gasteiger partial charge is 0.466 e. The molecule has 0 fully saturated rings. The van der Waals surface area contributed by atoms with Crippen LogP contribution in [-0.2, 0) is 14.3 Å². The Morgan fingerprint density at radius 2 is 0.477 bits per heavy atom. The van der Waals surface area contributed by atoms with Gasteiger partial charge in [-0.1, -0.05) is 438 Å². The van der Waals surface area contributed by atoms with Gasteiger partial charge in [-0.2, -0.15) is 0 Å². The molecule has 3 N–H and O–H groups in total.